The second-order valence-electron chi connectivity index (χ2n) is 8.03. The Morgan fingerprint density at radius 1 is 1.12 bits per heavy atom. The first kappa shape index (κ1) is 28.9. The van der Waals surface area contributed by atoms with Crippen LogP contribution in [-0.2, 0) is 16.0 Å². The summed E-state index contributed by atoms with van der Waals surface area (Å²) in [6.45, 7) is 7.32. The van der Waals surface area contributed by atoms with Crippen molar-refractivity contribution in [2.24, 2.45) is 0 Å². The van der Waals surface area contributed by atoms with Crippen LogP contribution in [0.4, 0.5) is 0 Å². The van der Waals surface area contributed by atoms with Crippen molar-refractivity contribution in [1.29, 1.82) is 0 Å². The van der Waals surface area contributed by atoms with Crippen LogP contribution in [0.2, 0.25) is 0 Å². The molecule has 0 bridgehead atoms. The smallest absolute Gasteiger partial charge is 0.807 e. The van der Waals surface area contributed by atoms with E-state index in [2.05, 4.69) is 6.92 Å². The van der Waals surface area contributed by atoms with Gasteiger partial charge in [-0.1, -0.05) is 23.8 Å². The van der Waals surface area contributed by atoms with Gasteiger partial charge in [-0.2, -0.15) is 5.71 Å². The Morgan fingerprint density at radius 2 is 1.79 bits per heavy atom. The zero-order valence-corrected chi connectivity index (χ0v) is 23.3. The number of carbonyl (C=O) groups is 2. The molecular formula is C25H32N2O5U. The number of benzene rings is 1. The summed E-state index contributed by atoms with van der Waals surface area (Å²) in [5, 5.41) is 29.7. The number of phenols is 2. The number of allylic oxidation sites excluding steroid dienone is 3. The fourth-order valence-electron chi connectivity index (χ4n) is 3.63. The Labute approximate surface area is 219 Å². The Morgan fingerprint density at radius 3 is 2.42 bits per heavy atom. The van der Waals surface area contributed by atoms with Crippen LogP contribution in [0.15, 0.2) is 35.9 Å². The van der Waals surface area contributed by atoms with Crippen molar-refractivity contribution >= 4 is 17.6 Å². The third-order valence-corrected chi connectivity index (χ3v) is 5.27. The molecule has 0 aliphatic carbocycles. The number of fused-ring (bicyclic) bond motifs is 1. The molecule has 2 N–H and O–H groups in total. The van der Waals surface area contributed by atoms with E-state index in [1.807, 2.05) is 24.0 Å². The van der Waals surface area contributed by atoms with Gasteiger partial charge in [-0.05, 0) is 63.5 Å². The number of amides is 1. The van der Waals surface area contributed by atoms with E-state index in [4.69, 9.17) is 4.74 Å². The van der Waals surface area contributed by atoms with Crippen molar-refractivity contribution < 1.29 is 55.7 Å². The van der Waals surface area contributed by atoms with Gasteiger partial charge in [-0.3, -0.25) is 0 Å². The van der Waals surface area contributed by atoms with Gasteiger partial charge in [0.2, 0.25) is 0 Å². The Hall–Kier alpha value is -2.17. The van der Waals surface area contributed by atoms with Crippen molar-refractivity contribution in [3.63, 3.8) is 0 Å². The van der Waals surface area contributed by atoms with Gasteiger partial charge in [-0.25, -0.2) is 4.79 Å². The Bertz CT molecular complexity index is 889. The second-order valence-corrected chi connectivity index (χ2v) is 8.03. The minimum atomic E-state index is -0.670. The molecule has 176 valence electrons. The summed E-state index contributed by atoms with van der Waals surface area (Å²) in [6.07, 6.45) is 11.5. The maximum Gasteiger partial charge on any atom is 2.00 e. The number of hydrogen-bond donors (Lipinski definition) is 2. The summed E-state index contributed by atoms with van der Waals surface area (Å²) < 4.78 is 5.15. The molecule has 2 heterocycles. The Balaban J connectivity index is 0.000000458. The third kappa shape index (κ3) is 10.1. The summed E-state index contributed by atoms with van der Waals surface area (Å²) >= 11 is 0. The molecule has 1 fully saturated rings. The summed E-state index contributed by atoms with van der Waals surface area (Å²) in [5.41, 5.74) is 1.36. The molecule has 3 rings (SSSR count). The molecule has 0 saturated carbocycles. The van der Waals surface area contributed by atoms with E-state index in [1.165, 1.54) is 12.5 Å². The number of rotatable bonds is 0. The Kier molecular flexibility index (Phi) is 13.0. The standard InChI is InChI=1S/C18H20NO4.C7H12NO.U/c1-12-6-4-2-3-5-7-23-18(22)17-13(9-14(19)8-12)10-15(20)11-16(17)21;1-7(9)8-5-3-2-4-6-8;/h2-3,8,10-11,20-21H,4-7,9H2,1H3;1-6H2;/q2*-1;+2/b3-2+,12-8+;;. The molecule has 0 aromatic heterocycles. The van der Waals surface area contributed by atoms with Gasteiger partial charge in [0, 0.05) is 19.2 Å². The van der Waals surface area contributed by atoms with E-state index in [1.54, 1.807) is 6.08 Å². The maximum atomic E-state index is 12.2. The van der Waals surface area contributed by atoms with Crippen molar-refractivity contribution in [3.8, 4) is 11.5 Å². The van der Waals surface area contributed by atoms with Crippen molar-refractivity contribution in [2.45, 2.75) is 51.9 Å². The van der Waals surface area contributed by atoms with Gasteiger partial charge in [0.05, 0.1) is 12.5 Å². The quantitative estimate of drug-likeness (QED) is 0.242. The number of cyclic esters (lactones) is 1. The average molecular weight is 679 g/mol. The molecule has 1 saturated heterocycles. The molecule has 0 radical (unpaired) electrons. The molecule has 0 spiro atoms. The van der Waals surface area contributed by atoms with Crippen LogP contribution in [-0.4, -0.2) is 52.4 Å². The topological polar surface area (TPSA) is 109 Å². The predicted octanol–water partition coefficient (Wildman–Crippen LogP) is 4.33. The van der Waals surface area contributed by atoms with Crippen LogP contribution < -0.4 is 0 Å². The molecule has 1 amide bonds. The van der Waals surface area contributed by atoms with Crippen LogP contribution in [0.1, 0.15) is 61.4 Å². The first-order chi connectivity index (χ1) is 15.3. The van der Waals surface area contributed by atoms with E-state index in [0.717, 1.165) is 50.4 Å². The van der Waals surface area contributed by atoms with Gasteiger partial charge in [0.1, 0.15) is 17.1 Å². The third-order valence-electron chi connectivity index (χ3n) is 5.27. The van der Waals surface area contributed by atoms with E-state index in [0.29, 0.717) is 12.0 Å². The number of carbonyl (C=O) groups excluding carboxylic acids is 2. The first-order valence-corrected chi connectivity index (χ1v) is 11.0. The number of likely N-dealkylation sites (tertiary alicyclic amines) is 1. The first-order valence-electron chi connectivity index (χ1n) is 11.0. The molecule has 7 nitrogen and oxygen atoms in total. The number of ether oxygens (including phenoxy) is 1. The van der Waals surface area contributed by atoms with Crippen LogP contribution in [0.3, 0.4) is 0 Å². The van der Waals surface area contributed by atoms with Gasteiger partial charge < -0.3 is 37.0 Å². The van der Waals surface area contributed by atoms with E-state index < -0.39 is 5.97 Å². The second kappa shape index (κ2) is 14.9. The maximum absolute atomic E-state index is 12.2. The number of piperidine rings is 1. The monoisotopic (exact) mass is 678 g/mol. The average Bonchev–Trinajstić information content (AvgIpc) is 2.73. The van der Waals surface area contributed by atoms with Gasteiger partial charge in [-0.15, -0.1) is 0 Å². The zero-order valence-electron chi connectivity index (χ0n) is 19.2. The van der Waals surface area contributed by atoms with E-state index >= 15 is 0 Å². The van der Waals surface area contributed by atoms with Gasteiger partial charge >= 0.3 is 37.1 Å². The molecule has 33 heavy (non-hydrogen) atoms. The summed E-state index contributed by atoms with van der Waals surface area (Å²) in [5.74, 6) is -1.22. The van der Waals surface area contributed by atoms with Crippen LogP contribution in [0.5, 0.6) is 11.5 Å². The number of phenolic OH excluding ortho intramolecular Hbond substituents is 2. The van der Waals surface area contributed by atoms with Crippen molar-refractivity contribution in [1.82, 2.24) is 4.90 Å². The molecule has 1 aromatic rings. The fraction of sp³-hybridized carbons (Fsp3) is 0.440. The summed E-state index contributed by atoms with van der Waals surface area (Å²) in [6, 6.07) is 2.43. The largest absolute Gasteiger partial charge is 2.00 e. The molecule has 1 aromatic carbocycles. The summed E-state index contributed by atoms with van der Waals surface area (Å²) in [7, 11) is 0. The SMILES string of the molecule is C/C1=C\C(=[N-])Cc2cc(O)cc(O)c2C(=O)OCC/C=C/CC1.[CH2-]C(=O)N1CCCCC1.[U+2]. The minimum absolute atomic E-state index is 0. The molecule has 2 aliphatic heterocycles. The van der Waals surface area contributed by atoms with E-state index in [9.17, 15) is 25.2 Å². The number of aromatic hydroxyl groups is 2. The number of nitrogens with zero attached hydrogens (tertiary/aromatic N) is 2. The summed E-state index contributed by atoms with van der Waals surface area (Å²) in [4.78, 5) is 24.6. The predicted molar refractivity (Wildman–Crippen MR) is 125 cm³/mol. The zero-order chi connectivity index (χ0) is 23.5. The van der Waals surface area contributed by atoms with Crippen LogP contribution >= 0.6 is 0 Å². The molecular weight excluding hydrogens is 646 g/mol. The van der Waals surface area contributed by atoms with E-state index in [-0.39, 0.29) is 72.8 Å². The number of esters is 1. The van der Waals surface area contributed by atoms with Crippen molar-refractivity contribution in [3.05, 3.63) is 59.4 Å². The van der Waals surface area contributed by atoms with Crippen LogP contribution in [0, 0.1) is 38.0 Å². The van der Waals surface area contributed by atoms with Crippen LogP contribution in [0.25, 0.3) is 5.41 Å². The minimum Gasteiger partial charge on any atom is -0.807 e. The normalized spacial score (nSPS) is 19.8. The number of hydrogen-bond acceptors (Lipinski definition) is 5. The fourth-order valence-corrected chi connectivity index (χ4v) is 3.63. The van der Waals surface area contributed by atoms with Gasteiger partial charge in [0.25, 0.3) is 0 Å². The van der Waals surface area contributed by atoms with Crippen molar-refractivity contribution in [2.75, 3.05) is 19.7 Å². The van der Waals surface area contributed by atoms with Gasteiger partial charge in [0.15, 0.2) is 0 Å². The molecule has 8 heteroatoms. The molecule has 0 unspecified atom stereocenters. The molecule has 0 atom stereocenters. The molecule has 2 aliphatic rings.